The van der Waals surface area contributed by atoms with E-state index in [0.29, 0.717) is 12.0 Å². The van der Waals surface area contributed by atoms with Crippen molar-refractivity contribution in [2.24, 2.45) is 11.7 Å². The highest BCUT2D eigenvalue weighted by Gasteiger charge is 2.23. The molecule has 14 heavy (non-hydrogen) atoms. The second kappa shape index (κ2) is 5.82. The van der Waals surface area contributed by atoms with Gasteiger partial charge >= 0.3 is 0 Å². The number of hydrogen-bond acceptors (Lipinski definition) is 1. The van der Waals surface area contributed by atoms with Gasteiger partial charge in [0, 0.05) is 6.04 Å². The van der Waals surface area contributed by atoms with Crippen LogP contribution in [-0.4, -0.2) is 6.04 Å². The fourth-order valence-corrected chi connectivity index (χ4v) is 2.20. The Morgan fingerprint density at radius 3 is 2.64 bits per heavy atom. The van der Waals surface area contributed by atoms with Crippen LogP contribution in [0.25, 0.3) is 0 Å². The van der Waals surface area contributed by atoms with E-state index in [1.165, 1.54) is 24.8 Å². The van der Waals surface area contributed by atoms with Gasteiger partial charge in [-0.15, -0.1) is 0 Å². The Bertz CT molecular complexity index is 238. The SMILES string of the molecule is C=C/C=C(\C=C/C)C1CCCCC1N. The second-order valence-electron chi connectivity index (χ2n) is 3.96. The van der Waals surface area contributed by atoms with Crippen LogP contribution in [-0.2, 0) is 0 Å². The maximum atomic E-state index is 6.13. The molecule has 0 aliphatic heterocycles. The summed E-state index contributed by atoms with van der Waals surface area (Å²) in [5.41, 5.74) is 7.47. The Hall–Kier alpha value is -0.820. The summed E-state index contributed by atoms with van der Waals surface area (Å²) >= 11 is 0. The predicted octanol–water partition coefficient (Wildman–Crippen LogP) is 3.19. The van der Waals surface area contributed by atoms with Gasteiger partial charge in [-0.1, -0.05) is 43.7 Å². The molecule has 1 saturated carbocycles. The molecule has 1 aliphatic carbocycles. The summed E-state index contributed by atoms with van der Waals surface area (Å²) in [5, 5.41) is 0. The van der Waals surface area contributed by atoms with E-state index in [9.17, 15) is 0 Å². The fraction of sp³-hybridized carbons (Fsp3) is 0.538. The van der Waals surface area contributed by atoms with Crippen LogP contribution < -0.4 is 5.73 Å². The molecule has 2 atom stereocenters. The Labute approximate surface area is 87.4 Å². The van der Waals surface area contributed by atoms with E-state index < -0.39 is 0 Å². The normalized spacial score (nSPS) is 29.4. The van der Waals surface area contributed by atoms with Gasteiger partial charge in [-0.2, -0.15) is 0 Å². The van der Waals surface area contributed by atoms with Crippen molar-refractivity contribution < 1.29 is 0 Å². The van der Waals surface area contributed by atoms with Gasteiger partial charge < -0.3 is 5.73 Å². The number of nitrogens with two attached hydrogens (primary N) is 1. The Kier molecular flexibility index (Phi) is 4.68. The standard InChI is InChI=1S/C13H21N/c1-3-7-11(8-4-2)12-9-5-6-10-13(12)14/h3-4,7-8,12-13H,1,5-6,9-10,14H2,2H3/b8-4-,11-7+. The number of hydrogen-bond donors (Lipinski definition) is 1. The Balaban J connectivity index is 2.75. The first kappa shape index (κ1) is 11.3. The molecule has 1 fully saturated rings. The Morgan fingerprint density at radius 1 is 1.36 bits per heavy atom. The highest BCUT2D eigenvalue weighted by molar-refractivity contribution is 5.27. The van der Waals surface area contributed by atoms with Crippen LogP contribution in [0.2, 0.25) is 0 Å². The molecule has 2 N–H and O–H groups in total. The summed E-state index contributed by atoms with van der Waals surface area (Å²) in [6, 6.07) is 0.339. The molecule has 0 radical (unpaired) electrons. The molecule has 0 aromatic heterocycles. The molecular formula is C13H21N. The van der Waals surface area contributed by atoms with Crippen LogP contribution in [0.3, 0.4) is 0 Å². The summed E-state index contributed by atoms with van der Waals surface area (Å²) in [4.78, 5) is 0. The van der Waals surface area contributed by atoms with Crippen molar-refractivity contribution in [3.05, 3.63) is 36.5 Å². The van der Waals surface area contributed by atoms with Crippen LogP contribution in [0.5, 0.6) is 0 Å². The van der Waals surface area contributed by atoms with Crippen LogP contribution in [0, 0.1) is 5.92 Å². The monoisotopic (exact) mass is 191 g/mol. The highest BCUT2D eigenvalue weighted by atomic mass is 14.7. The minimum absolute atomic E-state index is 0.339. The van der Waals surface area contributed by atoms with E-state index in [1.54, 1.807) is 0 Å². The molecule has 0 amide bonds. The van der Waals surface area contributed by atoms with Gasteiger partial charge in [0.2, 0.25) is 0 Å². The van der Waals surface area contributed by atoms with Gasteiger partial charge in [0.15, 0.2) is 0 Å². The van der Waals surface area contributed by atoms with E-state index in [0.717, 1.165) is 6.42 Å². The smallest absolute Gasteiger partial charge is 0.0108 e. The summed E-state index contributed by atoms with van der Waals surface area (Å²) in [5.74, 6) is 0.540. The first-order valence-corrected chi connectivity index (χ1v) is 5.50. The van der Waals surface area contributed by atoms with Crippen LogP contribution in [0.15, 0.2) is 36.5 Å². The zero-order valence-electron chi connectivity index (χ0n) is 9.08. The molecule has 0 heterocycles. The predicted molar refractivity (Wildman–Crippen MR) is 63.0 cm³/mol. The molecule has 2 unspecified atom stereocenters. The van der Waals surface area contributed by atoms with Gasteiger partial charge in [-0.3, -0.25) is 0 Å². The molecule has 0 aromatic carbocycles. The molecule has 1 nitrogen and oxygen atoms in total. The average Bonchev–Trinajstić information content (AvgIpc) is 2.18. The third-order valence-electron chi connectivity index (χ3n) is 2.92. The van der Waals surface area contributed by atoms with E-state index in [4.69, 9.17) is 5.73 Å². The van der Waals surface area contributed by atoms with Crippen LogP contribution in [0.4, 0.5) is 0 Å². The lowest BCUT2D eigenvalue weighted by atomic mass is 9.80. The minimum Gasteiger partial charge on any atom is -0.327 e. The summed E-state index contributed by atoms with van der Waals surface area (Å²) in [6.07, 6.45) is 13.2. The van der Waals surface area contributed by atoms with Crippen molar-refractivity contribution in [3.63, 3.8) is 0 Å². The lowest BCUT2D eigenvalue weighted by Gasteiger charge is -2.29. The van der Waals surface area contributed by atoms with Crippen LogP contribution in [0.1, 0.15) is 32.6 Å². The molecule has 1 heteroatoms. The maximum absolute atomic E-state index is 6.13. The molecule has 78 valence electrons. The van der Waals surface area contributed by atoms with Crippen molar-refractivity contribution in [2.75, 3.05) is 0 Å². The summed E-state index contributed by atoms with van der Waals surface area (Å²) in [6.45, 7) is 5.80. The van der Waals surface area contributed by atoms with E-state index in [1.807, 2.05) is 13.0 Å². The molecule has 1 rings (SSSR count). The molecular weight excluding hydrogens is 170 g/mol. The molecule has 0 saturated heterocycles. The fourth-order valence-electron chi connectivity index (χ4n) is 2.20. The van der Waals surface area contributed by atoms with Gasteiger partial charge in [-0.05, 0) is 31.3 Å². The minimum atomic E-state index is 0.339. The van der Waals surface area contributed by atoms with Crippen molar-refractivity contribution in [1.82, 2.24) is 0 Å². The van der Waals surface area contributed by atoms with Gasteiger partial charge in [0.05, 0.1) is 0 Å². The van der Waals surface area contributed by atoms with Gasteiger partial charge in [-0.25, -0.2) is 0 Å². The van der Waals surface area contributed by atoms with Crippen molar-refractivity contribution >= 4 is 0 Å². The largest absolute Gasteiger partial charge is 0.327 e. The number of allylic oxidation sites excluding steroid dienone is 4. The summed E-state index contributed by atoms with van der Waals surface area (Å²) in [7, 11) is 0. The molecule has 0 bridgehead atoms. The number of rotatable bonds is 3. The zero-order chi connectivity index (χ0) is 10.4. The maximum Gasteiger partial charge on any atom is 0.0108 e. The average molecular weight is 191 g/mol. The third-order valence-corrected chi connectivity index (χ3v) is 2.92. The van der Waals surface area contributed by atoms with Gasteiger partial charge in [0.1, 0.15) is 0 Å². The first-order valence-electron chi connectivity index (χ1n) is 5.50. The summed E-state index contributed by atoms with van der Waals surface area (Å²) < 4.78 is 0. The molecule has 0 spiro atoms. The van der Waals surface area contributed by atoms with Crippen molar-refractivity contribution in [2.45, 2.75) is 38.6 Å². The zero-order valence-corrected chi connectivity index (χ0v) is 9.08. The van der Waals surface area contributed by atoms with E-state index in [2.05, 4.69) is 24.8 Å². The topological polar surface area (TPSA) is 26.0 Å². The van der Waals surface area contributed by atoms with Crippen molar-refractivity contribution in [1.29, 1.82) is 0 Å². The second-order valence-corrected chi connectivity index (χ2v) is 3.96. The quantitative estimate of drug-likeness (QED) is 0.681. The highest BCUT2D eigenvalue weighted by Crippen LogP contribution is 2.29. The van der Waals surface area contributed by atoms with Crippen molar-refractivity contribution in [3.8, 4) is 0 Å². The molecule has 1 aliphatic rings. The van der Waals surface area contributed by atoms with Gasteiger partial charge in [0.25, 0.3) is 0 Å². The Morgan fingerprint density at radius 2 is 2.07 bits per heavy atom. The third kappa shape index (κ3) is 2.85. The van der Waals surface area contributed by atoms with E-state index in [-0.39, 0.29) is 0 Å². The lowest BCUT2D eigenvalue weighted by molar-refractivity contribution is 0.352. The lowest BCUT2D eigenvalue weighted by Crippen LogP contribution is -2.33. The van der Waals surface area contributed by atoms with Crippen LogP contribution >= 0.6 is 0 Å². The van der Waals surface area contributed by atoms with E-state index >= 15 is 0 Å². The first-order chi connectivity index (χ1) is 6.79. The molecule has 0 aromatic rings.